The Balaban J connectivity index is 2.45. The fourth-order valence-electron chi connectivity index (χ4n) is 1.41. The number of carbonyl (C=O) groups is 2. The Labute approximate surface area is 87.6 Å². The maximum Gasteiger partial charge on any atom is 0.156 e. The molecule has 0 amide bonds. The van der Waals surface area contributed by atoms with Crippen molar-refractivity contribution in [3.05, 3.63) is 0 Å². The van der Waals surface area contributed by atoms with Crippen molar-refractivity contribution in [2.24, 2.45) is 5.92 Å². The lowest BCUT2D eigenvalue weighted by Crippen LogP contribution is -2.07. The predicted octanol–water partition coefficient (Wildman–Crippen LogP) is 0.533. The van der Waals surface area contributed by atoms with E-state index in [0.717, 1.165) is 0 Å². The molecule has 0 bridgehead atoms. The molecule has 80 valence electrons. The zero-order valence-corrected chi connectivity index (χ0v) is 9.40. The second kappa shape index (κ2) is 4.04. The van der Waals surface area contributed by atoms with Crippen LogP contribution in [0.5, 0.6) is 0 Å². The van der Waals surface area contributed by atoms with E-state index in [0.29, 0.717) is 19.3 Å². The predicted molar refractivity (Wildman–Crippen MR) is 55.0 cm³/mol. The smallest absolute Gasteiger partial charge is 0.156 e. The third-order valence-electron chi connectivity index (χ3n) is 2.35. The first-order chi connectivity index (χ1) is 6.38. The molecule has 1 fully saturated rings. The van der Waals surface area contributed by atoms with Crippen LogP contribution in [0.2, 0.25) is 0 Å². The van der Waals surface area contributed by atoms with Crippen molar-refractivity contribution in [2.75, 3.05) is 0 Å². The molecule has 0 aromatic heterocycles. The van der Waals surface area contributed by atoms with Gasteiger partial charge in [-0.05, 0) is 6.42 Å². The van der Waals surface area contributed by atoms with Crippen molar-refractivity contribution in [3.8, 4) is 0 Å². The van der Waals surface area contributed by atoms with Gasteiger partial charge in [0.2, 0.25) is 0 Å². The number of ketones is 2. The maximum absolute atomic E-state index is 11.0. The molecule has 4 nitrogen and oxygen atoms in total. The van der Waals surface area contributed by atoms with Crippen LogP contribution in [0.3, 0.4) is 0 Å². The van der Waals surface area contributed by atoms with Crippen LogP contribution in [0.15, 0.2) is 0 Å². The average molecular weight is 236 g/mol. The van der Waals surface area contributed by atoms with Gasteiger partial charge >= 0.3 is 0 Å². The number of Topliss-reactive ketones (excluding diaryl/α,β-unsaturated/α-hetero) is 2. The summed E-state index contributed by atoms with van der Waals surface area (Å²) >= 11 is 4.31. The highest BCUT2D eigenvalue weighted by Crippen LogP contribution is 2.36. The highest BCUT2D eigenvalue weighted by molar-refractivity contribution is 8.30. The monoisotopic (exact) mass is 236 g/mol. The van der Waals surface area contributed by atoms with Crippen LogP contribution in [0.25, 0.3) is 0 Å². The first-order valence-electron chi connectivity index (χ1n) is 4.39. The average Bonchev–Trinajstić information content (AvgIpc) is 2.71. The molecule has 3 atom stereocenters. The van der Waals surface area contributed by atoms with Crippen molar-refractivity contribution in [1.29, 1.82) is 0 Å². The summed E-state index contributed by atoms with van der Waals surface area (Å²) in [6.07, 6.45) is 1.10. The Morgan fingerprint density at radius 3 is 2.57 bits per heavy atom. The van der Waals surface area contributed by atoms with Crippen LogP contribution in [-0.2, 0) is 29.6 Å². The molecule has 0 aromatic rings. The molecule has 0 aromatic carbocycles. The Morgan fingerprint density at radius 2 is 2.21 bits per heavy atom. The number of carbonyl (C=O) groups excluding carboxylic acids is 2. The summed E-state index contributed by atoms with van der Waals surface area (Å²) in [6, 6.07) is 0. The van der Waals surface area contributed by atoms with E-state index in [1.54, 1.807) is 6.92 Å². The fourth-order valence-corrected chi connectivity index (χ4v) is 3.17. The summed E-state index contributed by atoms with van der Waals surface area (Å²) in [6.45, 7) is 1.75. The topological polar surface area (TPSA) is 71.4 Å². The van der Waals surface area contributed by atoms with Gasteiger partial charge in [-0.1, -0.05) is 6.92 Å². The summed E-state index contributed by atoms with van der Waals surface area (Å²) < 4.78 is 19.9. The highest BCUT2D eigenvalue weighted by atomic mass is 32.8. The standard InChI is InChI=1S/C8H12O4S2/c1-2-5(9)3-4-6-7(10)8(6)14(11,12)13/h6,8H,2-4H2,1H3,(H,11,12,13). The van der Waals surface area contributed by atoms with Gasteiger partial charge in [-0.15, -0.1) is 0 Å². The lowest BCUT2D eigenvalue weighted by Gasteiger charge is -1.95. The van der Waals surface area contributed by atoms with Crippen molar-refractivity contribution >= 4 is 31.5 Å². The van der Waals surface area contributed by atoms with Crippen molar-refractivity contribution in [1.82, 2.24) is 0 Å². The van der Waals surface area contributed by atoms with E-state index in [2.05, 4.69) is 11.2 Å². The third kappa shape index (κ3) is 2.59. The van der Waals surface area contributed by atoms with Crippen molar-refractivity contribution < 1.29 is 18.4 Å². The SMILES string of the molecule is CCC(=O)CCC1C(=O)C1S(=O)(O)=S. The highest BCUT2D eigenvalue weighted by Gasteiger charge is 2.54. The molecule has 3 unspecified atom stereocenters. The van der Waals surface area contributed by atoms with Gasteiger partial charge in [-0.3, -0.25) is 9.59 Å². The summed E-state index contributed by atoms with van der Waals surface area (Å²) in [4.78, 5) is 22.0. The number of rotatable bonds is 5. The van der Waals surface area contributed by atoms with Gasteiger partial charge in [0.05, 0.1) is 0 Å². The molecular formula is C8H12O4S2. The maximum atomic E-state index is 11.0. The van der Waals surface area contributed by atoms with Gasteiger partial charge in [0, 0.05) is 29.9 Å². The van der Waals surface area contributed by atoms with Crippen LogP contribution < -0.4 is 0 Å². The van der Waals surface area contributed by atoms with Gasteiger partial charge in [0.15, 0.2) is 14.6 Å². The summed E-state index contributed by atoms with van der Waals surface area (Å²) in [5.41, 5.74) is 0. The van der Waals surface area contributed by atoms with Crippen LogP contribution in [0, 0.1) is 5.92 Å². The van der Waals surface area contributed by atoms with E-state index in [4.69, 9.17) is 4.55 Å². The fraction of sp³-hybridized carbons (Fsp3) is 0.750. The van der Waals surface area contributed by atoms with E-state index in [1.165, 1.54) is 0 Å². The van der Waals surface area contributed by atoms with E-state index in [1.807, 2.05) is 0 Å². The molecule has 1 saturated carbocycles. The molecule has 0 saturated heterocycles. The van der Waals surface area contributed by atoms with E-state index < -0.39 is 19.9 Å². The Hall–Kier alpha value is -0.330. The molecule has 1 aliphatic carbocycles. The Kier molecular flexibility index (Phi) is 3.39. The zero-order valence-electron chi connectivity index (χ0n) is 7.76. The zero-order chi connectivity index (χ0) is 10.9. The summed E-state index contributed by atoms with van der Waals surface area (Å²) in [5.74, 6) is -0.658. The molecule has 6 heteroatoms. The van der Waals surface area contributed by atoms with Crippen LogP contribution in [0.4, 0.5) is 0 Å². The Morgan fingerprint density at radius 1 is 1.64 bits per heavy atom. The Bertz CT molecular complexity index is 358. The number of hydrogen-bond acceptors (Lipinski definition) is 4. The summed E-state index contributed by atoms with van der Waals surface area (Å²) in [7, 11) is -3.41. The normalized spacial score (nSPS) is 29.7. The molecule has 0 spiro atoms. The molecule has 1 N–H and O–H groups in total. The van der Waals surface area contributed by atoms with Gasteiger partial charge in [0.1, 0.15) is 11.0 Å². The van der Waals surface area contributed by atoms with Gasteiger partial charge in [0.25, 0.3) is 0 Å². The lowest BCUT2D eigenvalue weighted by molar-refractivity contribution is -0.118. The first kappa shape index (κ1) is 11.7. The van der Waals surface area contributed by atoms with Crippen LogP contribution in [-0.4, -0.2) is 25.6 Å². The molecular weight excluding hydrogens is 224 g/mol. The lowest BCUT2D eigenvalue weighted by atomic mass is 10.1. The number of hydrogen-bond donors (Lipinski definition) is 1. The molecule has 0 heterocycles. The molecule has 14 heavy (non-hydrogen) atoms. The summed E-state index contributed by atoms with van der Waals surface area (Å²) in [5, 5.41) is -0.901. The minimum absolute atomic E-state index is 0.0669. The van der Waals surface area contributed by atoms with Crippen LogP contribution in [0.1, 0.15) is 26.2 Å². The quantitative estimate of drug-likeness (QED) is 0.754. The second-order valence-electron chi connectivity index (χ2n) is 3.38. The van der Waals surface area contributed by atoms with E-state index in [9.17, 15) is 13.8 Å². The largest absolute Gasteiger partial charge is 0.305 e. The molecule has 0 radical (unpaired) electrons. The molecule has 1 rings (SSSR count). The van der Waals surface area contributed by atoms with Gasteiger partial charge < -0.3 is 4.55 Å². The molecule has 1 aliphatic rings. The van der Waals surface area contributed by atoms with E-state index in [-0.39, 0.29) is 11.6 Å². The van der Waals surface area contributed by atoms with Gasteiger partial charge in [-0.25, -0.2) is 4.21 Å². The first-order valence-corrected chi connectivity index (χ1v) is 6.90. The minimum Gasteiger partial charge on any atom is -0.305 e. The second-order valence-corrected chi connectivity index (χ2v) is 6.35. The van der Waals surface area contributed by atoms with Gasteiger partial charge in [-0.2, -0.15) is 0 Å². The third-order valence-corrected chi connectivity index (χ3v) is 4.18. The molecule has 0 aliphatic heterocycles. The minimum atomic E-state index is -3.41. The van der Waals surface area contributed by atoms with Crippen molar-refractivity contribution in [3.63, 3.8) is 0 Å². The van der Waals surface area contributed by atoms with E-state index >= 15 is 0 Å². The van der Waals surface area contributed by atoms with Crippen molar-refractivity contribution in [2.45, 2.75) is 31.4 Å². The van der Waals surface area contributed by atoms with Crippen LogP contribution >= 0.6 is 0 Å².